The summed E-state index contributed by atoms with van der Waals surface area (Å²) in [4.78, 5) is 11.9. The molecule has 0 bridgehead atoms. The van der Waals surface area contributed by atoms with Crippen LogP contribution in [0.2, 0.25) is 0 Å². The number of urea groups is 1. The Morgan fingerprint density at radius 3 is 2.68 bits per heavy atom. The summed E-state index contributed by atoms with van der Waals surface area (Å²) in [6.07, 6.45) is 4.30. The number of amides is 2. The summed E-state index contributed by atoms with van der Waals surface area (Å²) in [5.74, 6) is -0.412. The molecule has 0 saturated heterocycles. The molecule has 1 aromatic carbocycles. The van der Waals surface area contributed by atoms with E-state index in [0.717, 1.165) is 19.3 Å². The van der Waals surface area contributed by atoms with Crippen molar-refractivity contribution >= 4 is 11.7 Å². The SMILES string of the molecule is N#CC1(NC(=O)Nc2cccc(F)c2)CCCCC1. The molecule has 0 atom stereocenters. The van der Waals surface area contributed by atoms with Crippen molar-refractivity contribution in [2.75, 3.05) is 5.32 Å². The molecule has 2 N–H and O–H groups in total. The van der Waals surface area contributed by atoms with Crippen LogP contribution in [0.1, 0.15) is 32.1 Å². The van der Waals surface area contributed by atoms with E-state index in [4.69, 9.17) is 0 Å². The zero-order valence-electron chi connectivity index (χ0n) is 10.6. The van der Waals surface area contributed by atoms with Gasteiger partial charge in [0.2, 0.25) is 0 Å². The van der Waals surface area contributed by atoms with Crippen molar-refractivity contribution in [3.05, 3.63) is 30.1 Å². The lowest BCUT2D eigenvalue weighted by molar-refractivity contribution is 0.233. The van der Waals surface area contributed by atoms with Gasteiger partial charge in [-0.25, -0.2) is 9.18 Å². The van der Waals surface area contributed by atoms with Crippen LogP contribution >= 0.6 is 0 Å². The molecule has 1 aromatic rings. The predicted molar refractivity (Wildman–Crippen MR) is 70.0 cm³/mol. The van der Waals surface area contributed by atoms with E-state index in [1.165, 1.54) is 18.2 Å². The van der Waals surface area contributed by atoms with Crippen molar-refractivity contribution in [2.45, 2.75) is 37.6 Å². The van der Waals surface area contributed by atoms with Gasteiger partial charge in [0.1, 0.15) is 11.4 Å². The lowest BCUT2D eigenvalue weighted by atomic mass is 9.83. The summed E-state index contributed by atoms with van der Waals surface area (Å²) in [6, 6.07) is 7.40. The first-order chi connectivity index (χ1) is 9.13. The highest BCUT2D eigenvalue weighted by molar-refractivity contribution is 5.90. The van der Waals surface area contributed by atoms with E-state index in [-0.39, 0.29) is 0 Å². The Balaban J connectivity index is 1.99. The maximum atomic E-state index is 13.0. The molecule has 19 heavy (non-hydrogen) atoms. The summed E-state index contributed by atoms with van der Waals surface area (Å²) < 4.78 is 13.0. The fourth-order valence-corrected chi connectivity index (χ4v) is 2.37. The fourth-order valence-electron chi connectivity index (χ4n) is 2.37. The Morgan fingerprint density at radius 2 is 2.05 bits per heavy atom. The molecule has 2 rings (SSSR count). The molecule has 4 nitrogen and oxygen atoms in total. The molecule has 0 radical (unpaired) electrons. The maximum Gasteiger partial charge on any atom is 0.320 e. The lowest BCUT2D eigenvalue weighted by Crippen LogP contribution is -2.50. The first-order valence-electron chi connectivity index (χ1n) is 6.40. The van der Waals surface area contributed by atoms with Gasteiger partial charge < -0.3 is 10.6 Å². The molecule has 5 heteroatoms. The highest BCUT2D eigenvalue weighted by atomic mass is 19.1. The number of hydrogen-bond acceptors (Lipinski definition) is 2. The van der Waals surface area contributed by atoms with Gasteiger partial charge in [0.05, 0.1) is 6.07 Å². The molecule has 2 amide bonds. The third-order valence-corrected chi connectivity index (χ3v) is 3.36. The molecule has 1 fully saturated rings. The Morgan fingerprint density at radius 1 is 1.32 bits per heavy atom. The van der Waals surface area contributed by atoms with Crippen LogP contribution in [0.4, 0.5) is 14.9 Å². The average Bonchev–Trinajstić information content (AvgIpc) is 2.39. The number of benzene rings is 1. The van der Waals surface area contributed by atoms with Crippen molar-refractivity contribution in [3.8, 4) is 6.07 Å². The monoisotopic (exact) mass is 261 g/mol. The molecule has 0 spiro atoms. The number of carbonyl (C=O) groups is 1. The smallest absolute Gasteiger partial charge is 0.319 e. The van der Waals surface area contributed by atoms with Gasteiger partial charge in [-0.3, -0.25) is 0 Å². The number of nitriles is 1. The number of anilines is 1. The van der Waals surface area contributed by atoms with Crippen LogP contribution < -0.4 is 10.6 Å². The normalized spacial score (nSPS) is 17.3. The molecule has 100 valence electrons. The van der Waals surface area contributed by atoms with Gasteiger partial charge in [-0.15, -0.1) is 0 Å². The van der Waals surface area contributed by atoms with Gasteiger partial charge >= 0.3 is 6.03 Å². The first kappa shape index (κ1) is 13.3. The van der Waals surface area contributed by atoms with Crippen LogP contribution in [0.25, 0.3) is 0 Å². The van der Waals surface area contributed by atoms with Crippen LogP contribution in [0.3, 0.4) is 0 Å². The highest BCUT2D eigenvalue weighted by Gasteiger charge is 2.33. The lowest BCUT2D eigenvalue weighted by Gasteiger charge is -2.31. The van der Waals surface area contributed by atoms with E-state index in [2.05, 4.69) is 16.7 Å². The fraction of sp³-hybridized carbons (Fsp3) is 0.429. The second-order valence-corrected chi connectivity index (χ2v) is 4.84. The second-order valence-electron chi connectivity index (χ2n) is 4.84. The van der Waals surface area contributed by atoms with E-state index in [0.29, 0.717) is 18.5 Å². The zero-order chi connectivity index (χ0) is 13.7. The van der Waals surface area contributed by atoms with Gasteiger partial charge in [0.25, 0.3) is 0 Å². The molecule has 0 unspecified atom stereocenters. The summed E-state index contributed by atoms with van der Waals surface area (Å²) in [7, 11) is 0. The van der Waals surface area contributed by atoms with E-state index in [1.807, 2.05) is 0 Å². The minimum atomic E-state index is -0.782. The van der Waals surface area contributed by atoms with Crippen molar-refractivity contribution in [3.63, 3.8) is 0 Å². The third kappa shape index (κ3) is 3.44. The number of rotatable bonds is 2. The Kier molecular flexibility index (Phi) is 4.00. The van der Waals surface area contributed by atoms with Crippen molar-refractivity contribution in [1.29, 1.82) is 5.26 Å². The van der Waals surface area contributed by atoms with Crippen molar-refractivity contribution in [1.82, 2.24) is 5.32 Å². The van der Waals surface area contributed by atoms with Gasteiger partial charge in [-0.1, -0.05) is 25.3 Å². The van der Waals surface area contributed by atoms with Crippen LogP contribution in [0.15, 0.2) is 24.3 Å². The molecule has 1 aliphatic carbocycles. The Hall–Kier alpha value is -2.09. The van der Waals surface area contributed by atoms with Crippen LogP contribution in [-0.4, -0.2) is 11.6 Å². The molecular formula is C14H16FN3O. The standard InChI is InChI=1S/C14H16FN3O/c15-11-5-4-6-12(9-11)17-13(19)18-14(10-16)7-2-1-3-8-14/h4-6,9H,1-3,7-8H2,(H2,17,18,19). The van der Waals surface area contributed by atoms with Crippen molar-refractivity contribution < 1.29 is 9.18 Å². The topological polar surface area (TPSA) is 64.9 Å². The number of hydrogen-bond donors (Lipinski definition) is 2. The highest BCUT2D eigenvalue weighted by Crippen LogP contribution is 2.27. The predicted octanol–water partition coefficient (Wildman–Crippen LogP) is 3.17. The van der Waals surface area contributed by atoms with E-state index < -0.39 is 17.4 Å². The molecular weight excluding hydrogens is 245 g/mol. The van der Waals surface area contributed by atoms with Gasteiger partial charge in [-0.05, 0) is 31.0 Å². The maximum absolute atomic E-state index is 13.0. The quantitative estimate of drug-likeness (QED) is 0.858. The summed E-state index contributed by atoms with van der Waals surface area (Å²) in [6.45, 7) is 0. The molecule has 0 heterocycles. The third-order valence-electron chi connectivity index (χ3n) is 3.36. The average molecular weight is 261 g/mol. The number of carbonyl (C=O) groups excluding carboxylic acids is 1. The number of nitrogens with one attached hydrogen (secondary N) is 2. The van der Waals surface area contributed by atoms with Gasteiger partial charge in [0.15, 0.2) is 0 Å². The van der Waals surface area contributed by atoms with E-state index in [9.17, 15) is 14.4 Å². The molecule has 0 aliphatic heterocycles. The molecule has 1 saturated carbocycles. The zero-order valence-corrected chi connectivity index (χ0v) is 10.6. The summed E-state index contributed by atoms with van der Waals surface area (Å²) in [5.41, 5.74) is -0.406. The van der Waals surface area contributed by atoms with Crippen LogP contribution in [0.5, 0.6) is 0 Å². The molecule has 0 aromatic heterocycles. The van der Waals surface area contributed by atoms with E-state index in [1.54, 1.807) is 6.07 Å². The molecule has 1 aliphatic rings. The minimum absolute atomic E-state index is 0.376. The largest absolute Gasteiger partial charge is 0.320 e. The van der Waals surface area contributed by atoms with Gasteiger partial charge in [0, 0.05) is 5.69 Å². The summed E-state index contributed by atoms with van der Waals surface area (Å²) in [5, 5.41) is 14.5. The van der Waals surface area contributed by atoms with Crippen LogP contribution in [-0.2, 0) is 0 Å². The van der Waals surface area contributed by atoms with Gasteiger partial charge in [-0.2, -0.15) is 5.26 Å². The Bertz CT molecular complexity index is 504. The van der Waals surface area contributed by atoms with E-state index >= 15 is 0 Å². The van der Waals surface area contributed by atoms with Crippen LogP contribution in [0, 0.1) is 17.1 Å². The first-order valence-corrected chi connectivity index (χ1v) is 6.40. The van der Waals surface area contributed by atoms with Crippen molar-refractivity contribution in [2.24, 2.45) is 0 Å². The minimum Gasteiger partial charge on any atom is -0.319 e. The summed E-state index contributed by atoms with van der Waals surface area (Å²) >= 11 is 0. The second kappa shape index (κ2) is 5.70. The Labute approximate surface area is 111 Å². The number of nitrogens with zero attached hydrogens (tertiary/aromatic N) is 1. The number of halogens is 1.